The quantitative estimate of drug-likeness (QED) is 0.756. The second kappa shape index (κ2) is 5.84. The Hall–Kier alpha value is -3.29. The molecule has 3 aromatic heterocycles. The number of nitrogens with zero attached hydrogens (tertiary/aromatic N) is 5. The summed E-state index contributed by atoms with van der Waals surface area (Å²) in [6.45, 7) is 1.80. The molecule has 0 aliphatic heterocycles. The van der Waals surface area contributed by atoms with Crippen molar-refractivity contribution in [3.63, 3.8) is 0 Å². The molecule has 0 atom stereocenters. The largest absolute Gasteiger partial charge is 0.396 e. The summed E-state index contributed by atoms with van der Waals surface area (Å²) in [7, 11) is 1.82. The first-order valence-corrected chi connectivity index (χ1v) is 6.88. The topological polar surface area (TPSA) is 112 Å². The number of nitrogens with one attached hydrogen (secondary N) is 1. The number of hydrogen-bond donors (Lipinski definition) is 2. The standard InChI is InChI=1S/C15H15N7O/c1-9-5-18-13(7-17-9)15(23)21-14-11(16)3-4-12(20-14)10-6-19-22(2)8-10/h3-8H,16H2,1-2H3,(H,20,21,23). The molecule has 0 bridgehead atoms. The fourth-order valence-corrected chi connectivity index (χ4v) is 1.97. The average Bonchev–Trinajstić information content (AvgIpc) is 2.96. The van der Waals surface area contributed by atoms with Gasteiger partial charge in [0.05, 0.1) is 29.5 Å². The van der Waals surface area contributed by atoms with Crippen molar-refractivity contribution in [1.29, 1.82) is 0 Å². The molecular weight excluding hydrogens is 294 g/mol. The molecule has 0 aliphatic carbocycles. The summed E-state index contributed by atoms with van der Waals surface area (Å²) < 4.78 is 1.67. The van der Waals surface area contributed by atoms with Gasteiger partial charge in [-0.25, -0.2) is 9.97 Å². The highest BCUT2D eigenvalue weighted by molar-refractivity contribution is 6.03. The Morgan fingerprint density at radius 3 is 2.70 bits per heavy atom. The predicted octanol–water partition coefficient (Wildman–Crippen LogP) is 1.42. The van der Waals surface area contributed by atoms with E-state index in [0.29, 0.717) is 11.4 Å². The third kappa shape index (κ3) is 3.15. The number of nitrogens with two attached hydrogens (primary N) is 1. The highest BCUT2D eigenvalue weighted by Gasteiger charge is 2.12. The molecule has 8 heteroatoms. The van der Waals surface area contributed by atoms with Gasteiger partial charge in [-0.2, -0.15) is 5.10 Å². The highest BCUT2D eigenvalue weighted by atomic mass is 16.1. The summed E-state index contributed by atoms with van der Waals surface area (Å²) in [5.41, 5.74) is 8.68. The van der Waals surface area contributed by atoms with Crippen LogP contribution in [-0.2, 0) is 7.05 Å². The Balaban J connectivity index is 1.87. The van der Waals surface area contributed by atoms with Crippen LogP contribution in [-0.4, -0.2) is 30.6 Å². The van der Waals surface area contributed by atoms with Crippen LogP contribution in [0.25, 0.3) is 11.3 Å². The molecule has 1 amide bonds. The zero-order valence-electron chi connectivity index (χ0n) is 12.7. The number of rotatable bonds is 3. The summed E-state index contributed by atoms with van der Waals surface area (Å²) in [5, 5.41) is 6.76. The number of hydrogen-bond acceptors (Lipinski definition) is 6. The minimum absolute atomic E-state index is 0.198. The van der Waals surface area contributed by atoms with Gasteiger partial charge in [-0.05, 0) is 19.1 Å². The third-order valence-electron chi connectivity index (χ3n) is 3.17. The summed E-state index contributed by atoms with van der Waals surface area (Å²) in [6, 6.07) is 3.46. The van der Waals surface area contributed by atoms with E-state index in [4.69, 9.17) is 5.73 Å². The molecule has 0 aromatic carbocycles. The maximum Gasteiger partial charge on any atom is 0.277 e. The lowest BCUT2D eigenvalue weighted by Gasteiger charge is -2.08. The number of nitrogen functional groups attached to an aromatic ring is 1. The molecule has 0 saturated heterocycles. The van der Waals surface area contributed by atoms with Gasteiger partial charge >= 0.3 is 0 Å². The Kier molecular flexibility index (Phi) is 3.71. The molecule has 0 fully saturated rings. The fourth-order valence-electron chi connectivity index (χ4n) is 1.97. The lowest BCUT2D eigenvalue weighted by molar-refractivity contribution is 0.102. The van der Waals surface area contributed by atoms with Crippen molar-refractivity contribution in [3.05, 3.63) is 48.3 Å². The van der Waals surface area contributed by atoms with Crippen LogP contribution in [0.3, 0.4) is 0 Å². The Labute approximate surface area is 132 Å². The van der Waals surface area contributed by atoms with Gasteiger partial charge in [0.25, 0.3) is 5.91 Å². The van der Waals surface area contributed by atoms with E-state index in [9.17, 15) is 4.79 Å². The van der Waals surface area contributed by atoms with Gasteiger partial charge in [0.2, 0.25) is 0 Å². The number of pyridine rings is 1. The minimum Gasteiger partial charge on any atom is -0.396 e. The molecule has 0 aliphatic rings. The van der Waals surface area contributed by atoms with E-state index in [2.05, 4.69) is 25.4 Å². The molecule has 0 spiro atoms. The smallest absolute Gasteiger partial charge is 0.277 e. The minimum atomic E-state index is -0.417. The molecule has 0 unspecified atom stereocenters. The second-order valence-corrected chi connectivity index (χ2v) is 5.03. The summed E-state index contributed by atoms with van der Waals surface area (Å²) in [4.78, 5) is 24.7. The van der Waals surface area contributed by atoms with E-state index in [-0.39, 0.29) is 11.5 Å². The van der Waals surface area contributed by atoms with Crippen molar-refractivity contribution < 1.29 is 4.79 Å². The van der Waals surface area contributed by atoms with Gasteiger partial charge in [0.15, 0.2) is 5.82 Å². The summed E-state index contributed by atoms with van der Waals surface area (Å²) in [5.74, 6) is -0.140. The van der Waals surface area contributed by atoms with E-state index in [0.717, 1.165) is 11.3 Å². The lowest BCUT2D eigenvalue weighted by Crippen LogP contribution is -2.16. The maximum absolute atomic E-state index is 12.2. The number of amides is 1. The molecule has 3 rings (SSSR count). The molecule has 3 aromatic rings. The van der Waals surface area contributed by atoms with Crippen LogP contribution >= 0.6 is 0 Å². The number of anilines is 2. The molecule has 8 nitrogen and oxygen atoms in total. The molecular formula is C15H15N7O. The predicted molar refractivity (Wildman–Crippen MR) is 85.6 cm³/mol. The van der Waals surface area contributed by atoms with Crippen LogP contribution in [0, 0.1) is 6.92 Å². The first-order valence-electron chi connectivity index (χ1n) is 6.88. The van der Waals surface area contributed by atoms with Crippen LogP contribution < -0.4 is 11.1 Å². The highest BCUT2D eigenvalue weighted by Crippen LogP contribution is 2.23. The van der Waals surface area contributed by atoms with Crippen LogP contribution in [0.1, 0.15) is 16.2 Å². The normalized spacial score (nSPS) is 10.5. The van der Waals surface area contributed by atoms with Crippen LogP contribution in [0.5, 0.6) is 0 Å². The number of aromatic nitrogens is 5. The molecule has 3 heterocycles. The SMILES string of the molecule is Cc1cnc(C(=O)Nc2nc(-c3cnn(C)c3)ccc2N)cn1. The van der Waals surface area contributed by atoms with E-state index >= 15 is 0 Å². The van der Waals surface area contributed by atoms with Crippen molar-refractivity contribution in [2.75, 3.05) is 11.1 Å². The van der Waals surface area contributed by atoms with Crippen molar-refractivity contribution in [3.8, 4) is 11.3 Å². The zero-order valence-corrected chi connectivity index (χ0v) is 12.7. The van der Waals surface area contributed by atoms with Crippen LogP contribution in [0.2, 0.25) is 0 Å². The number of carbonyl (C=O) groups is 1. The van der Waals surface area contributed by atoms with Gasteiger partial charge in [0, 0.05) is 25.0 Å². The Bertz CT molecular complexity index is 855. The van der Waals surface area contributed by atoms with Gasteiger partial charge in [0.1, 0.15) is 5.69 Å². The molecule has 0 saturated carbocycles. The van der Waals surface area contributed by atoms with Crippen molar-refractivity contribution in [2.24, 2.45) is 7.05 Å². The zero-order chi connectivity index (χ0) is 16.4. The van der Waals surface area contributed by atoms with E-state index < -0.39 is 5.91 Å². The molecule has 23 heavy (non-hydrogen) atoms. The second-order valence-electron chi connectivity index (χ2n) is 5.03. The van der Waals surface area contributed by atoms with Crippen LogP contribution in [0.15, 0.2) is 36.9 Å². The maximum atomic E-state index is 12.2. The summed E-state index contributed by atoms with van der Waals surface area (Å²) >= 11 is 0. The Morgan fingerprint density at radius 2 is 2.04 bits per heavy atom. The van der Waals surface area contributed by atoms with Gasteiger partial charge in [-0.3, -0.25) is 14.5 Å². The molecule has 116 valence electrons. The fraction of sp³-hybridized carbons (Fsp3) is 0.133. The van der Waals surface area contributed by atoms with Crippen LogP contribution in [0.4, 0.5) is 11.5 Å². The number of aryl methyl sites for hydroxylation is 2. The monoisotopic (exact) mass is 309 g/mol. The third-order valence-corrected chi connectivity index (χ3v) is 3.17. The first kappa shape index (κ1) is 14.6. The average molecular weight is 309 g/mol. The van der Waals surface area contributed by atoms with E-state index in [1.165, 1.54) is 12.4 Å². The lowest BCUT2D eigenvalue weighted by atomic mass is 10.2. The van der Waals surface area contributed by atoms with Crippen molar-refractivity contribution in [2.45, 2.75) is 6.92 Å². The molecule has 3 N–H and O–H groups in total. The first-order chi connectivity index (χ1) is 11.0. The van der Waals surface area contributed by atoms with Crippen molar-refractivity contribution in [1.82, 2.24) is 24.7 Å². The van der Waals surface area contributed by atoms with Gasteiger partial charge < -0.3 is 11.1 Å². The van der Waals surface area contributed by atoms with E-state index in [1.54, 1.807) is 29.9 Å². The van der Waals surface area contributed by atoms with Gasteiger partial charge in [-0.15, -0.1) is 0 Å². The van der Waals surface area contributed by atoms with Crippen molar-refractivity contribution >= 4 is 17.4 Å². The van der Waals surface area contributed by atoms with Gasteiger partial charge in [-0.1, -0.05) is 0 Å². The van der Waals surface area contributed by atoms with E-state index in [1.807, 2.05) is 13.2 Å². The summed E-state index contributed by atoms with van der Waals surface area (Å²) in [6.07, 6.45) is 6.45. The number of carbonyl (C=O) groups excluding carboxylic acids is 1. The Morgan fingerprint density at radius 1 is 1.22 bits per heavy atom. The molecule has 0 radical (unpaired) electrons.